The maximum Gasteiger partial charge on any atom is 0.326 e. The Hall–Kier alpha value is -1.91. The fraction of sp³-hybridized carbons (Fsp3) is 0.111. The molecule has 0 fully saturated rings. The van der Waals surface area contributed by atoms with Gasteiger partial charge >= 0.3 is 6.03 Å². The van der Waals surface area contributed by atoms with E-state index in [2.05, 4.69) is 0 Å². The molecule has 1 aromatic rings. The maximum atomic E-state index is 12.8. The van der Waals surface area contributed by atoms with Crippen molar-refractivity contribution in [3.05, 3.63) is 29.6 Å². The van der Waals surface area contributed by atoms with Gasteiger partial charge in [-0.15, -0.1) is 0 Å². The van der Waals surface area contributed by atoms with E-state index in [-0.39, 0.29) is 12.1 Å². The van der Waals surface area contributed by atoms with Gasteiger partial charge in [0.05, 0.1) is 12.1 Å². The minimum Gasteiger partial charge on any atom is -0.351 e. The minimum atomic E-state index is -0.876. The maximum absolute atomic E-state index is 12.8. The first-order valence-electron chi connectivity index (χ1n) is 4.00. The Balaban J connectivity index is 2.55. The van der Waals surface area contributed by atoms with Crippen LogP contribution in [0.1, 0.15) is 5.56 Å². The van der Waals surface area contributed by atoms with Gasteiger partial charge in [-0.25, -0.2) is 14.1 Å². The van der Waals surface area contributed by atoms with Gasteiger partial charge in [0.2, 0.25) is 5.91 Å². The molecule has 0 atom stereocenters. The zero-order valence-corrected chi connectivity index (χ0v) is 7.16. The number of benzene rings is 1. The quantitative estimate of drug-likeness (QED) is 0.663. The number of rotatable bonds is 0. The fourth-order valence-electron chi connectivity index (χ4n) is 1.51. The molecule has 0 saturated heterocycles. The molecule has 2 rings (SSSR count). The Morgan fingerprint density at radius 2 is 2.21 bits per heavy atom. The number of urea groups is 1. The highest BCUT2D eigenvalue weighted by Gasteiger charge is 2.31. The molecule has 3 amide bonds. The van der Waals surface area contributed by atoms with E-state index >= 15 is 0 Å². The molecule has 1 aliphatic rings. The summed E-state index contributed by atoms with van der Waals surface area (Å²) in [4.78, 5) is 23.0. The molecule has 4 nitrogen and oxygen atoms in total. The monoisotopic (exact) mass is 194 g/mol. The molecule has 1 heterocycles. The van der Waals surface area contributed by atoms with Crippen molar-refractivity contribution < 1.29 is 14.0 Å². The molecule has 5 heteroatoms. The molecule has 0 radical (unpaired) electrons. The summed E-state index contributed by atoms with van der Waals surface area (Å²) in [6.45, 7) is 0. The number of amides is 3. The molecule has 14 heavy (non-hydrogen) atoms. The van der Waals surface area contributed by atoms with Gasteiger partial charge in [-0.2, -0.15) is 0 Å². The van der Waals surface area contributed by atoms with Crippen molar-refractivity contribution in [2.45, 2.75) is 6.42 Å². The van der Waals surface area contributed by atoms with E-state index in [4.69, 9.17) is 5.73 Å². The number of fused-ring (bicyclic) bond motifs is 1. The predicted molar refractivity (Wildman–Crippen MR) is 47.2 cm³/mol. The van der Waals surface area contributed by atoms with Crippen LogP contribution < -0.4 is 10.6 Å². The largest absolute Gasteiger partial charge is 0.351 e. The first-order chi connectivity index (χ1) is 6.59. The summed E-state index contributed by atoms with van der Waals surface area (Å²) >= 11 is 0. The van der Waals surface area contributed by atoms with Crippen LogP contribution in [0.15, 0.2) is 18.2 Å². The van der Waals surface area contributed by atoms with Gasteiger partial charge in [0.15, 0.2) is 0 Å². The zero-order valence-electron chi connectivity index (χ0n) is 7.16. The van der Waals surface area contributed by atoms with Crippen molar-refractivity contribution in [2.75, 3.05) is 4.90 Å². The summed E-state index contributed by atoms with van der Waals surface area (Å²) in [5.74, 6) is -0.914. The third-order valence-electron chi connectivity index (χ3n) is 2.10. The number of nitrogens with zero attached hydrogens (tertiary/aromatic N) is 1. The Bertz CT molecular complexity index is 431. The van der Waals surface area contributed by atoms with Crippen molar-refractivity contribution >= 4 is 17.6 Å². The standard InChI is InChI=1S/C9H7FN2O2/c10-6-2-1-5-3-8(13)12(9(11)14)7(5)4-6/h1-2,4H,3H2,(H2,11,14). The van der Waals surface area contributed by atoms with Crippen molar-refractivity contribution in [3.63, 3.8) is 0 Å². The van der Waals surface area contributed by atoms with Gasteiger partial charge in [-0.05, 0) is 17.7 Å². The lowest BCUT2D eigenvalue weighted by Crippen LogP contribution is -2.38. The second kappa shape index (κ2) is 2.80. The molecule has 72 valence electrons. The summed E-state index contributed by atoms with van der Waals surface area (Å²) in [7, 11) is 0. The van der Waals surface area contributed by atoms with Crippen LogP contribution in [0, 0.1) is 5.82 Å². The number of nitrogens with two attached hydrogens (primary N) is 1. The second-order valence-corrected chi connectivity index (χ2v) is 3.02. The molecule has 0 unspecified atom stereocenters. The molecule has 0 spiro atoms. The lowest BCUT2D eigenvalue weighted by atomic mass is 10.2. The molecule has 0 aliphatic carbocycles. The van der Waals surface area contributed by atoms with Crippen LogP contribution in [0.5, 0.6) is 0 Å². The topological polar surface area (TPSA) is 63.4 Å². The third-order valence-corrected chi connectivity index (χ3v) is 2.10. The van der Waals surface area contributed by atoms with Crippen molar-refractivity contribution in [1.82, 2.24) is 0 Å². The molecule has 1 aromatic carbocycles. The van der Waals surface area contributed by atoms with E-state index in [9.17, 15) is 14.0 Å². The fourth-order valence-corrected chi connectivity index (χ4v) is 1.51. The van der Waals surface area contributed by atoms with Crippen LogP contribution in [0.3, 0.4) is 0 Å². The van der Waals surface area contributed by atoms with Crippen LogP contribution >= 0.6 is 0 Å². The number of hydrogen-bond acceptors (Lipinski definition) is 2. The van der Waals surface area contributed by atoms with Gasteiger partial charge in [0, 0.05) is 0 Å². The number of carbonyl (C=O) groups excluding carboxylic acids is 2. The van der Waals surface area contributed by atoms with Crippen molar-refractivity contribution in [2.24, 2.45) is 5.73 Å². The van der Waals surface area contributed by atoms with Gasteiger partial charge in [-0.1, -0.05) is 6.07 Å². The average molecular weight is 194 g/mol. The zero-order chi connectivity index (χ0) is 10.3. The van der Waals surface area contributed by atoms with E-state index < -0.39 is 17.8 Å². The molecule has 1 aliphatic heterocycles. The number of primary amides is 1. The molecule has 0 bridgehead atoms. The second-order valence-electron chi connectivity index (χ2n) is 3.02. The molecular weight excluding hydrogens is 187 g/mol. The number of hydrogen-bond donors (Lipinski definition) is 1. The van der Waals surface area contributed by atoms with E-state index in [1.54, 1.807) is 0 Å². The third kappa shape index (κ3) is 1.14. The van der Waals surface area contributed by atoms with Crippen molar-refractivity contribution in [1.29, 1.82) is 0 Å². The van der Waals surface area contributed by atoms with Gasteiger partial charge in [0.1, 0.15) is 5.82 Å². The number of carbonyl (C=O) groups is 2. The van der Waals surface area contributed by atoms with Crippen LogP contribution in [-0.4, -0.2) is 11.9 Å². The summed E-state index contributed by atoms with van der Waals surface area (Å²) in [6, 6.07) is 2.98. The number of anilines is 1. The Kier molecular flexibility index (Phi) is 1.73. The van der Waals surface area contributed by atoms with Gasteiger partial charge in [0.25, 0.3) is 0 Å². The van der Waals surface area contributed by atoms with Crippen LogP contribution in [0.4, 0.5) is 14.9 Å². The molecule has 0 saturated carbocycles. The normalized spacial score (nSPS) is 14.4. The molecular formula is C9H7FN2O2. The van der Waals surface area contributed by atoms with Crippen molar-refractivity contribution in [3.8, 4) is 0 Å². The highest BCUT2D eigenvalue weighted by Crippen LogP contribution is 2.29. The first kappa shape index (κ1) is 8.68. The lowest BCUT2D eigenvalue weighted by Gasteiger charge is -2.11. The van der Waals surface area contributed by atoms with E-state index in [0.717, 1.165) is 11.0 Å². The highest BCUT2D eigenvalue weighted by atomic mass is 19.1. The Morgan fingerprint density at radius 1 is 1.50 bits per heavy atom. The van der Waals surface area contributed by atoms with E-state index in [0.29, 0.717) is 5.56 Å². The minimum absolute atomic E-state index is 0.0958. The average Bonchev–Trinajstić information content (AvgIpc) is 2.40. The number of halogens is 1. The Labute approximate surface area is 79.1 Å². The SMILES string of the molecule is NC(=O)N1C(=O)Cc2ccc(F)cc21. The van der Waals surface area contributed by atoms with Crippen LogP contribution in [-0.2, 0) is 11.2 Å². The summed E-state index contributed by atoms with van der Waals surface area (Å²) in [6.07, 6.45) is 0.0958. The first-order valence-corrected chi connectivity index (χ1v) is 4.00. The smallest absolute Gasteiger partial charge is 0.326 e. The van der Waals surface area contributed by atoms with Crippen LogP contribution in [0.2, 0.25) is 0 Å². The lowest BCUT2D eigenvalue weighted by molar-refractivity contribution is -0.116. The molecule has 0 aromatic heterocycles. The summed E-state index contributed by atoms with van der Waals surface area (Å²) < 4.78 is 12.8. The predicted octanol–water partition coefficient (Wildman–Crippen LogP) is 0.793. The highest BCUT2D eigenvalue weighted by molar-refractivity contribution is 6.18. The van der Waals surface area contributed by atoms with Gasteiger partial charge in [-0.3, -0.25) is 4.79 Å². The molecule has 2 N–H and O–H groups in total. The van der Waals surface area contributed by atoms with E-state index in [1.807, 2.05) is 0 Å². The van der Waals surface area contributed by atoms with Crippen LogP contribution in [0.25, 0.3) is 0 Å². The Morgan fingerprint density at radius 3 is 2.86 bits per heavy atom. The summed E-state index contributed by atoms with van der Waals surface area (Å²) in [5, 5.41) is 0. The number of imide groups is 1. The summed E-state index contributed by atoms with van der Waals surface area (Å²) in [5.41, 5.74) is 5.87. The van der Waals surface area contributed by atoms with Gasteiger partial charge < -0.3 is 5.73 Å². The van der Waals surface area contributed by atoms with E-state index in [1.165, 1.54) is 12.1 Å².